The molecule has 6 bridgehead atoms. The first kappa shape index (κ1) is 26.3. The SMILES string of the molecule is O=C1CN2CCc3cncn3Cc3ccc(-c4ccc(C(F)(F)F)cc4)c(c3)Oc3ccc4cccc(c4c3)N1CC2. The van der Waals surface area contributed by atoms with Crippen LogP contribution in [0.25, 0.3) is 21.9 Å². The van der Waals surface area contributed by atoms with Crippen molar-refractivity contribution >= 4 is 22.4 Å². The number of imidazole rings is 1. The highest BCUT2D eigenvalue weighted by molar-refractivity contribution is 6.05. The van der Waals surface area contributed by atoms with Gasteiger partial charge in [-0.15, -0.1) is 0 Å². The lowest BCUT2D eigenvalue weighted by molar-refractivity contribution is -0.137. The predicted molar refractivity (Wildman–Crippen MR) is 155 cm³/mol. The van der Waals surface area contributed by atoms with Crippen molar-refractivity contribution in [2.45, 2.75) is 19.1 Å². The molecule has 1 aromatic heterocycles. The van der Waals surface area contributed by atoms with Crippen LogP contribution in [0.1, 0.15) is 16.8 Å². The lowest BCUT2D eigenvalue weighted by Gasteiger charge is -2.35. The highest BCUT2D eigenvalue weighted by Gasteiger charge is 2.30. The molecule has 5 aromatic rings. The van der Waals surface area contributed by atoms with Gasteiger partial charge in [0.1, 0.15) is 11.5 Å². The van der Waals surface area contributed by atoms with Gasteiger partial charge in [-0.2, -0.15) is 13.2 Å². The molecule has 8 rings (SSSR count). The molecule has 3 aliphatic heterocycles. The number of piperazine rings is 1. The molecule has 0 spiro atoms. The molecule has 1 unspecified atom stereocenters. The Labute approximate surface area is 240 Å². The molecule has 1 fully saturated rings. The fraction of sp³-hybridized carbons (Fsp3) is 0.212. The van der Waals surface area contributed by atoms with Gasteiger partial charge in [-0.3, -0.25) is 9.69 Å². The summed E-state index contributed by atoms with van der Waals surface area (Å²) in [7, 11) is 0. The summed E-state index contributed by atoms with van der Waals surface area (Å²) < 4.78 is 48.3. The summed E-state index contributed by atoms with van der Waals surface area (Å²) in [6.07, 6.45) is -0.0214. The van der Waals surface area contributed by atoms with Crippen molar-refractivity contribution in [3.05, 3.63) is 108 Å². The Bertz CT molecular complexity index is 1800. The first-order valence-electron chi connectivity index (χ1n) is 13.8. The molecule has 42 heavy (non-hydrogen) atoms. The smallest absolute Gasteiger partial charge is 0.416 e. The molecule has 4 aromatic carbocycles. The van der Waals surface area contributed by atoms with Crippen LogP contribution in [0.3, 0.4) is 0 Å². The van der Waals surface area contributed by atoms with Crippen molar-refractivity contribution in [1.29, 1.82) is 0 Å². The van der Waals surface area contributed by atoms with E-state index in [1.54, 1.807) is 6.33 Å². The van der Waals surface area contributed by atoms with Gasteiger partial charge in [-0.1, -0.05) is 42.5 Å². The largest absolute Gasteiger partial charge is 0.457 e. The standard InChI is InChI=1S/C33H27F3N4O2/c34-33(35,36)25-8-5-24(6-9-25)28-11-4-22-16-31(28)42-27-10-7-23-2-1-3-30(29(23)17-27)40-15-14-38(20-32(40)41)13-12-26-18-37-21-39(26)19-22/h1-11,16-18,21H,12-15,19-20H2. The molecular formula is C33H27F3N4O2. The number of nitrogens with zero attached hydrogens (tertiary/aromatic N) is 4. The van der Waals surface area contributed by atoms with Crippen LogP contribution in [-0.4, -0.2) is 46.5 Å². The molecule has 4 heterocycles. The lowest BCUT2D eigenvalue weighted by Crippen LogP contribution is -2.51. The number of rotatable bonds is 1. The van der Waals surface area contributed by atoms with E-state index >= 15 is 0 Å². The van der Waals surface area contributed by atoms with Gasteiger partial charge in [0, 0.05) is 55.4 Å². The van der Waals surface area contributed by atoms with Crippen LogP contribution in [-0.2, 0) is 23.9 Å². The van der Waals surface area contributed by atoms with Crippen LogP contribution in [0, 0.1) is 0 Å². The van der Waals surface area contributed by atoms with Gasteiger partial charge in [-0.05, 0) is 52.9 Å². The third-order valence-electron chi connectivity index (χ3n) is 8.05. The Hall–Kier alpha value is -4.63. The van der Waals surface area contributed by atoms with E-state index in [9.17, 15) is 18.0 Å². The topological polar surface area (TPSA) is 50.6 Å². The van der Waals surface area contributed by atoms with Crippen LogP contribution in [0.4, 0.5) is 18.9 Å². The number of carbonyl (C=O) groups excluding carboxylic acids is 1. The number of fused-ring (bicyclic) bond motifs is 3. The Kier molecular flexibility index (Phi) is 6.46. The van der Waals surface area contributed by atoms with Crippen molar-refractivity contribution in [2.24, 2.45) is 0 Å². The zero-order chi connectivity index (χ0) is 28.8. The summed E-state index contributed by atoms with van der Waals surface area (Å²) in [5.41, 5.74) is 3.44. The van der Waals surface area contributed by atoms with Gasteiger partial charge in [0.25, 0.3) is 0 Å². The summed E-state index contributed by atoms with van der Waals surface area (Å²) in [5.74, 6) is 1.15. The first-order valence-corrected chi connectivity index (χ1v) is 13.8. The number of hydrogen-bond donors (Lipinski definition) is 0. The Morgan fingerprint density at radius 1 is 0.857 bits per heavy atom. The van der Waals surface area contributed by atoms with Crippen LogP contribution >= 0.6 is 0 Å². The minimum Gasteiger partial charge on any atom is -0.457 e. The maximum absolute atomic E-state index is 13.3. The second-order valence-corrected chi connectivity index (χ2v) is 10.8. The summed E-state index contributed by atoms with van der Waals surface area (Å²) >= 11 is 0. The van der Waals surface area contributed by atoms with Gasteiger partial charge in [0.15, 0.2) is 0 Å². The summed E-state index contributed by atoms with van der Waals surface area (Å²) in [5, 5.41) is 1.88. The first-order chi connectivity index (χ1) is 20.3. The molecule has 0 aliphatic carbocycles. The Balaban J connectivity index is 1.36. The molecule has 1 amide bonds. The summed E-state index contributed by atoms with van der Waals surface area (Å²) in [6, 6.07) is 22.6. The second kappa shape index (κ2) is 10.3. The van der Waals surface area contributed by atoms with E-state index in [0.717, 1.165) is 59.4 Å². The number of hydrogen-bond acceptors (Lipinski definition) is 4. The average molecular weight is 569 g/mol. The normalized spacial score (nSPS) is 17.3. The lowest BCUT2D eigenvalue weighted by atomic mass is 10.0. The maximum Gasteiger partial charge on any atom is 0.416 e. The molecule has 9 heteroatoms. The zero-order valence-corrected chi connectivity index (χ0v) is 22.6. The van der Waals surface area contributed by atoms with Crippen LogP contribution < -0.4 is 9.64 Å². The highest BCUT2D eigenvalue weighted by Crippen LogP contribution is 2.39. The zero-order valence-electron chi connectivity index (χ0n) is 22.6. The molecular weight excluding hydrogens is 541 g/mol. The number of halogens is 3. The van der Waals surface area contributed by atoms with Crippen LogP contribution in [0.5, 0.6) is 11.5 Å². The number of benzene rings is 4. The van der Waals surface area contributed by atoms with Crippen molar-refractivity contribution in [3.8, 4) is 22.6 Å². The molecule has 0 N–H and O–H groups in total. The van der Waals surface area contributed by atoms with E-state index in [1.165, 1.54) is 12.1 Å². The predicted octanol–water partition coefficient (Wildman–Crippen LogP) is 6.77. The van der Waals surface area contributed by atoms with Gasteiger partial charge >= 0.3 is 6.18 Å². The maximum atomic E-state index is 13.3. The van der Waals surface area contributed by atoms with Crippen molar-refractivity contribution < 1.29 is 22.7 Å². The highest BCUT2D eigenvalue weighted by atomic mass is 19.4. The van der Waals surface area contributed by atoms with Crippen molar-refractivity contribution in [2.75, 3.05) is 31.1 Å². The summed E-state index contributed by atoms with van der Waals surface area (Å²) in [4.78, 5) is 21.7. The molecule has 6 nitrogen and oxygen atoms in total. The van der Waals surface area contributed by atoms with Gasteiger partial charge in [-0.25, -0.2) is 4.98 Å². The van der Waals surface area contributed by atoms with Gasteiger partial charge in [0.05, 0.1) is 24.1 Å². The number of carbonyl (C=O) groups is 1. The summed E-state index contributed by atoms with van der Waals surface area (Å²) in [6.45, 7) is 2.99. The van der Waals surface area contributed by atoms with Gasteiger partial charge in [0.2, 0.25) is 5.91 Å². The van der Waals surface area contributed by atoms with Gasteiger partial charge < -0.3 is 14.2 Å². The Morgan fingerprint density at radius 3 is 2.52 bits per heavy atom. The molecule has 0 radical (unpaired) electrons. The van der Waals surface area contributed by atoms with E-state index in [0.29, 0.717) is 42.3 Å². The van der Waals surface area contributed by atoms with E-state index in [4.69, 9.17) is 4.74 Å². The van der Waals surface area contributed by atoms with Crippen molar-refractivity contribution in [3.63, 3.8) is 0 Å². The van der Waals surface area contributed by atoms with Crippen molar-refractivity contribution in [1.82, 2.24) is 14.5 Å². The molecule has 212 valence electrons. The number of alkyl halides is 3. The number of ether oxygens (including phenoxy) is 1. The Morgan fingerprint density at radius 2 is 1.71 bits per heavy atom. The molecule has 1 atom stereocenters. The fourth-order valence-electron chi connectivity index (χ4n) is 5.82. The van der Waals surface area contributed by atoms with Crippen LogP contribution in [0.15, 0.2) is 91.4 Å². The average Bonchev–Trinajstić information content (AvgIpc) is 3.42. The van der Waals surface area contributed by atoms with E-state index in [-0.39, 0.29) is 5.91 Å². The minimum absolute atomic E-state index is 0.0501. The third-order valence-corrected chi connectivity index (χ3v) is 8.05. The van der Waals surface area contributed by atoms with E-state index < -0.39 is 11.7 Å². The number of aromatic nitrogens is 2. The third kappa shape index (κ3) is 5.00. The van der Waals surface area contributed by atoms with E-state index in [1.807, 2.05) is 65.7 Å². The van der Waals surface area contributed by atoms with Crippen LogP contribution in [0.2, 0.25) is 0 Å². The quantitative estimate of drug-likeness (QED) is 0.224. The van der Waals surface area contributed by atoms with E-state index in [2.05, 4.69) is 14.5 Å². The monoisotopic (exact) mass is 568 g/mol. The number of amides is 1. The second-order valence-electron chi connectivity index (χ2n) is 10.8. The molecule has 3 aliphatic rings. The minimum atomic E-state index is -4.41. The molecule has 0 saturated carbocycles. The fourth-order valence-corrected chi connectivity index (χ4v) is 5.82. The number of anilines is 1. The molecule has 1 saturated heterocycles.